The Kier molecular flexibility index (Phi) is 6.42. The second kappa shape index (κ2) is 11.6. The fraction of sp³-hybridized carbons (Fsp3) is 0. The Bertz CT molecular complexity index is 3050. The fourth-order valence-corrected chi connectivity index (χ4v) is 7.70. The maximum Gasteiger partial charge on any atom is 0.238 e. The lowest BCUT2D eigenvalue weighted by atomic mass is 10.1. The summed E-state index contributed by atoms with van der Waals surface area (Å²) in [5.74, 6) is 2.27. The van der Waals surface area contributed by atoms with E-state index in [2.05, 4.69) is 81.9 Å². The molecule has 4 heterocycles. The molecule has 0 aliphatic rings. The first-order valence-electron chi connectivity index (χ1n) is 17.6. The molecule has 7 aromatic carbocycles. The van der Waals surface area contributed by atoms with E-state index >= 15 is 0 Å². The maximum absolute atomic E-state index is 6.43. The molecule has 7 nitrogen and oxygen atoms in total. The topological polar surface area (TPSA) is 74.6 Å². The van der Waals surface area contributed by atoms with Crippen molar-refractivity contribution in [3.8, 4) is 45.9 Å². The lowest BCUT2D eigenvalue weighted by molar-refractivity contribution is 0.620. The Labute approximate surface area is 303 Å². The molecule has 0 saturated carbocycles. The molecule has 53 heavy (non-hydrogen) atoms. The predicted molar refractivity (Wildman–Crippen MR) is 212 cm³/mol. The van der Waals surface area contributed by atoms with Crippen LogP contribution >= 0.6 is 0 Å². The number of nitrogens with zero attached hydrogens (tertiary/aromatic N) is 6. The summed E-state index contributed by atoms with van der Waals surface area (Å²) in [6, 6.07) is 57.9. The van der Waals surface area contributed by atoms with Crippen molar-refractivity contribution in [3.63, 3.8) is 0 Å². The van der Waals surface area contributed by atoms with Crippen molar-refractivity contribution in [2.24, 2.45) is 0 Å². The zero-order valence-corrected chi connectivity index (χ0v) is 28.3. The summed E-state index contributed by atoms with van der Waals surface area (Å²) in [4.78, 5) is 20.6. The van der Waals surface area contributed by atoms with Gasteiger partial charge in [0.1, 0.15) is 5.52 Å². The number of fused-ring (bicyclic) bond motifs is 8. The molecule has 0 aliphatic heterocycles. The molecule has 11 aromatic rings. The molecule has 0 atom stereocenters. The quantitative estimate of drug-likeness (QED) is 0.181. The highest BCUT2D eigenvalue weighted by molar-refractivity contribution is 6.21. The van der Waals surface area contributed by atoms with Gasteiger partial charge < -0.3 is 8.98 Å². The third kappa shape index (κ3) is 4.54. The van der Waals surface area contributed by atoms with Gasteiger partial charge in [0.05, 0.1) is 27.8 Å². The second-order valence-electron chi connectivity index (χ2n) is 13.1. The summed E-state index contributed by atoms with van der Waals surface area (Å²) in [7, 11) is 0. The first-order chi connectivity index (χ1) is 26.3. The van der Waals surface area contributed by atoms with Crippen LogP contribution in [0.3, 0.4) is 0 Å². The summed E-state index contributed by atoms with van der Waals surface area (Å²) < 4.78 is 11.0. The molecule has 248 valence electrons. The van der Waals surface area contributed by atoms with E-state index in [0.717, 1.165) is 60.7 Å². The Morgan fingerprint density at radius 3 is 1.57 bits per heavy atom. The number of para-hydroxylation sites is 3. The Balaban J connectivity index is 1.31. The third-order valence-electron chi connectivity index (χ3n) is 10.0. The highest BCUT2D eigenvalue weighted by Crippen LogP contribution is 2.42. The van der Waals surface area contributed by atoms with E-state index in [1.54, 1.807) is 0 Å². The minimum absolute atomic E-state index is 0.511. The van der Waals surface area contributed by atoms with Gasteiger partial charge in [-0.25, -0.2) is 9.97 Å². The fourth-order valence-electron chi connectivity index (χ4n) is 7.70. The lowest BCUT2D eigenvalue weighted by Gasteiger charge is -2.14. The molecule has 0 unspecified atom stereocenters. The average molecular weight is 681 g/mol. The van der Waals surface area contributed by atoms with Crippen molar-refractivity contribution < 1.29 is 4.42 Å². The molecule has 0 N–H and O–H groups in total. The number of oxazole rings is 1. The highest BCUT2D eigenvalue weighted by Gasteiger charge is 2.25. The smallest absolute Gasteiger partial charge is 0.238 e. The van der Waals surface area contributed by atoms with Crippen molar-refractivity contribution >= 4 is 54.7 Å². The van der Waals surface area contributed by atoms with Crippen LogP contribution in [0.4, 0.5) is 0 Å². The lowest BCUT2D eigenvalue weighted by Crippen LogP contribution is -2.08. The van der Waals surface area contributed by atoms with Crippen molar-refractivity contribution in [2.45, 2.75) is 0 Å². The SMILES string of the molecule is c1ccc(-c2nc(-c3ccccc3)nc(-n3c4ccc5oc(-c6ccccc6)nc5c4c4cccc(-n5c6ccccc6c6ccccc65)c43)n2)cc1. The van der Waals surface area contributed by atoms with Crippen molar-refractivity contribution in [2.75, 3.05) is 0 Å². The Morgan fingerprint density at radius 2 is 0.943 bits per heavy atom. The molecule has 0 amide bonds. The molecular weight excluding hydrogens is 653 g/mol. The Morgan fingerprint density at radius 1 is 0.396 bits per heavy atom. The summed E-state index contributed by atoms with van der Waals surface area (Å²) in [5, 5.41) is 4.36. The van der Waals surface area contributed by atoms with E-state index in [1.165, 1.54) is 10.8 Å². The van der Waals surface area contributed by atoms with Gasteiger partial charge in [-0.15, -0.1) is 0 Å². The van der Waals surface area contributed by atoms with Crippen LogP contribution in [-0.4, -0.2) is 29.1 Å². The highest BCUT2D eigenvalue weighted by atomic mass is 16.3. The molecule has 0 fully saturated rings. The average Bonchev–Trinajstić information content (AvgIpc) is 3.92. The Hall–Kier alpha value is -7.38. The van der Waals surface area contributed by atoms with Gasteiger partial charge in [0, 0.05) is 38.2 Å². The van der Waals surface area contributed by atoms with E-state index in [0.29, 0.717) is 29.1 Å². The summed E-state index contributed by atoms with van der Waals surface area (Å²) in [6.07, 6.45) is 0. The van der Waals surface area contributed by atoms with Crippen LogP contribution in [-0.2, 0) is 0 Å². The molecule has 11 rings (SSSR count). The molecular formula is C46H28N6O. The van der Waals surface area contributed by atoms with E-state index < -0.39 is 0 Å². The summed E-state index contributed by atoms with van der Waals surface area (Å²) in [6.45, 7) is 0. The number of aromatic nitrogens is 6. The molecule has 4 aromatic heterocycles. The van der Waals surface area contributed by atoms with E-state index in [4.69, 9.17) is 24.4 Å². The minimum atomic E-state index is 0.511. The van der Waals surface area contributed by atoms with Crippen LogP contribution < -0.4 is 0 Å². The maximum atomic E-state index is 6.43. The van der Waals surface area contributed by atoms with Crippen LogP contribution in [0.5, 0.6) is 0 Å². The predicted octanol–water partition coefficient (Wildman–Crippen LogP) is 11.2. The van der Waals surface area contributed by atoms with Crippen molar-refractivity contribution in [1.82, 2.24) is 29.1 Å². The second-order valence-corrected chi connectivity index (χ2v) is 13.1. The zero-order valence-electron chi connectivity index (χ0n) is 28.3. The summed E-state index contributed by atoms with van der Waals surface area (Å²) >= 11 is 0. The van der Waals surface area contributed by atoms with Crippen LogP contribution in [0.15, 0.2) is 174 Å². The van der Waals surface area contributed by atoms with Gasteiger partial charge in [-0.3, -0.25) is 4.57 Å². The molecule has 0 aliphatic carbocycles. The molecule has 0 spiro atoms. The van der Waals surface area contributed by atoms with Gasteiger partial charge in [0.15, 0.2) is 17.2 Å². The molecule has 0 radical (unpaired) electrons. The van der Waals surface area contributed by atoms with E-state index in [-0.39, 0.29) is 0 Å². The zero-order chi connectivity index (χ0) is 34.9. The largest absolute Gasteiger partial charge is 0.436 e. The van der Waals surface area contributed by atoms with Crippen LogP contribution in [0.2, 0.25) is 0 Å². The van der Waals surface area contributed by atoms with Gasteiger partial charge in [-0.2, -0.15) is 9.97 Å². The standard InChI is InChI=1S/C46H28N6O/c1-4-15-29(16-5-1)43-48-44(30-17-6-2-7-18-30)50-46(49-43)52-37-27-28-39-41(47-45(53-39)31-19-8-3-9-20-31)40(37)34-23-14-26-38(42(34)52)51-35-24-12-10-21-32(35)33-22-11-13-25-36(33)51/h1-28H. The van der Waals surface area contributed by atoms with E-state index in [9.17, 15) is 0 Å². The van der Waals surface area contributed by atoms with E-state index in [1.807, 2.05) is 97.1 Å². The molecule has 0 saturated heterocycles. The third-order valence-corrected chi connectivity index (χ3v) is 10.0. The van der Waals surface area contributed by atoms with Gasteiger partial charge >= 0.3 is 0 Å². The van der Waals surface area contributed by atoms with Gasteiger partial charge in [0.2, 0.25) is 11.8 Å². The first-order valence-corrected chi connectivity index (χ1v) is 17.6. The monoisotopic (exact) mass is 680 g/mol. The normalized spacial score (nSPS) is 11.8. The number of benzene rings is 7. The number of rotatable bonds is 5. The van der Waals surface area contributed by atoms with Gasteiger partial charge in [-0.05, 0) is 42.5 Å². The van der Waals surface area contributed by atoms with Crippen LogP contribution in [0.1, 0.15) is 0 Å². The van der Waals surface area contributed by atoms with Crippen molar-refractivity contribution in [1.29, 1.82) is 0 Å². The van der Waals surface area contributed by atoms with Crippen molar-refractivity contribution in [3.05, 3.63) is 170 Å². The van der Waals surface area contributed by atoms with Crippen LogP contribution in [0, 0.1) is 0 Å². The van der Waals surface area contributed by atoms with Gasteiger partial charge in [-0.1, -0.05) is 127 Å². The summed E-state index contributed by atoms with van der Waals surface area (Å²) in [5.41, 5.74) is 9.32. The minimum Gasteiger partial charge on any atom is -0.436 e. The molecule has 7 heteroatoms. The number of hydrogen-bond acceptors (Lipinski definition) is 5. The molecule has 0 bridgehead atoms. The number of hydrogen-bond donors (Lipinski definition) is 0. The first kappa shape index (κ1) is 29.4. The van der Waals surface area contributed by atoms with Gasteiger partial charge in [0.25, 0.3) is 0 Å². The van der Waals surface area contributed by atoms with Crippen LogP contribution in [0.25, 0.3) is 101 Å².